The second-order valence-electron chi connectivity index (χ2n) is 3.76. The SMILES string of the molecule is COc1ccc(Cl)c(Nc2nc(NN)c(F)cc2F)c1. The molecule has 0 amide bonds. The zero-order valence-corrected chi connectivity index (χ0v) is 11.1. The number of methoxy groups -OCH3 is 1. The fourth-order valence-electron chi connectivity index (χ4n) is 1.51. The van der Waals surface area contributed by atoms with E-state index >= 15 is 0 Å². The van der Waals surface area contributed by atoms with Gasteiger partial charge >= 0.3 is 0 Å². The van der Waals surface area contributed by atoms with E-state index in [0.29, 0.717) is 22.5 Å². The Hall–Kier alpha value is -2.12. The van der Waals surface area contributed by atoms with Gasteiger partial charge in [-0.25, -0.2) is 19.6 Å². The summed E-state index contributed by atoms with van der Waals surface area (Å²) in [5, 5.41) is 2.99. The van der Waals surface area contributed by atoms with E-state index in [0.717, 1.165) is 0 Å². The van der Waals surface area contributed by atoms with Crippen molar-refractivity contribution in [3.05, 3.63) is 40.9 Å². The minimum Gasteiger partial charge on any atom is -0.497 e. The molecule has 4 N–H and O–H groups in total. The molecule has 0 spiro atoms. The molecule has 1 aromatic heterocycles. The van der Waals surface area contributed by atoms with Crippen LogP contribution in [0.3, 0.4) is 0 Å². The second-order valence-corrected chi connectivity index (χ2v) is 4.17. The molecule has 0 aliphatic carbocycles. The van der Waals surface area contributed by atoms with Crippen molar-refractivity contribution < 1.29 is 13.5 Å². The lowest BCUT2D eigenvalue weighted by atomic mass is 10.3. The van der Waals surface area contributed by atoms with E-state index in [1.54, 1.807) is 18.2 Å². The first-order valence-corrected chi connectivity index (χ1v) is 5.86. The largest absolute Gasteiger partial charge is 0.497 e. The molecule has 0 radical (unpaired) electrons. The molecule has 0 aliphatic heterocycles. The highest BCUT2D eigenvalue weighted by atomic mass is 35.5. The molecule has 0 saturated carbocycles. The van der Waals surface area contributed by atoms with Gasteiger partial charge in [-0.1, -0.05) is 11.6 Å². The molecule has 8 heteroatoms. The Kier molecular flexibility index (Phi) is 4.21. The van der Waals surface area contributed by atoms with Crippen molar-refractivity contribution in [3.63, 3.8) is 0 Å². The molecular weight excluding hydrogens is 290 g/mol. The van der Waals surface area contributed by atoms with Crippen LogP contribution in [0.5, 0.6) is 5.75 Å². The maximum atomic E-state index is 13.7. The van der Waals surface area contributed by atoms with E-state index in [9.17, 15) is 8.78 Å². The molecule has 1 aromatic carbocycles. The van der Waals surface area contributed by atoms with E-state index < -0.39 is 11.6 Å². The molecule has 2 aromatic rings. The van der Waals surface area contributed by atoms with Crippen molar-refractivity contribution >= 4 is 28.9 Å². The molecule has 5 nitrogen and oxygen atoms in total. The topological polar surface area (TPSA) is 72.2 Å². The van der Waals surface area contributed by atoms with Crippen molar-refractivity contribution in [2.75, 3.05) is 17.9 Å². The van der Waals surface area contributed by atoms with E-state index in [2.05, 4.69) is 10.3 Å². The number of hydrazine groups is 1. The third-order valence-electron chi connectivity index (χ3n) is 2.49. The first-order valence-electron chi connectivity index (χ1n) is 5.48. The molecule has 0 saturated heterocycles. The number of nitrogens with one attached hydrogen (secondary N) is 2. The van der Waals surface area contributed by atoms with Gasteiger partial charge in [0, 0.05) is 12.1 Å². The lowest BCUT2D eigenvalue weighted by molar-refractivity contribution is 0.415. The third-order valence-corrected chi connectivity index (χ3v) is 2.82. The number of nitrogens with two attached hydrogens (primary N) is 1. The summed E-state index contributed by atoms with van der Waals surface area (Å²) in [6.07, 6.45) is 0. The first-order chi connectivity index (χ1) is 9.55. The highest BCUT2D eigenvalue weighted by Crippen LogP contribution is 2.30. The van der Waals surface area contributed by atoms with Crippen LogP contribution in [-0.4, -0.2) is 12.1 Å². The molecule has 20 heavy (non-hydrogen) atoms. The normalized spacial score (nSPS) is 10.2. The summed E-state index contributed by atoms with van der Waals surface area (Å²) in [5.41, 5.74) is 2.40. The third kappa shape index (κ3) is 2.89. The summed E-state index contributed by atoms with van der Waals surface area (Å²) >= 11 is 5.98. The van der Waals surface area contributed by atoms with Crippen LogP contribution >= 0.6 is 11.6 Å². The maximum Gasteiger partial charge on any atom is 0.178 e. The molecule has 106 valence electrons. The summed E-state index contributed by atoms with van der Waals surface area (Å²) in [6, 6.07) is 5.45. The fourth-order valence-corrected chi connectivity index (χ4v) is 1.67. The van der Waals surface area contributed by atoms with Gasteiger partial charge in [0.15, 0.2) is 23.3 Å². The van der Waals surface area contributed by atoms with Crippen molar-refractivity contribution in [1.82, 2.24) is 4.98 Å². The Balaban J connectivity index is 2.39. The summed E-state index contributed by atoms with van der Waals surface area (Å²) in [6.45, 7) is 0. The van der Waals surface area contributed by atoms with Gasteiger partial charge in [0.1, 0.15) is 5.75 Å². The van der Waals surface area contributed by atoms with Crippen LogP contribution in [0.15, 0.2) is 24.3 Å². The average molecular weight is 301 g/mol. The number of nitrogens with zero attached hydrogens (tertiary/aromatic N) is 1. The van der Waals surface area contributed by atoms with Gasteiger partial charge < -0.3 is 15.5 Å². The molecule has 0 atom stereocenters. The van der Waals surface area contributed by atoms with Crippen molar-refractivity contribution in [3.8, 4) is 5.75 Å². The predicted molar refractivity (Wildman–Crippen MR) is 73.2 cm³/mol. The minimum atomic E-state index is -0.896. The van der Waals surface area contributed by atoms with E-state index in [-0.39, 0.29) is 11.6 Å². The van der Waals surface area contributed by atoms with Crippen molar-refractivity contribution in [1.29, 1.82) is 0 Å². The van der Waals surface area contributed by atoms with Crippen molar-refractivity contribution in [2.45, 2.75) is 0 Å². The quantitative estimate of drug-likeness (QED) is 0.598. The number of hydrogen-bond acceptors (Lipinski definition) is 5. The fraction of sp³-hybridized carbons (Fsp3) is 0.0833. The van der Waals surface area contributed by atoms with E-state index in [1.165, 1.54) is 7.11 Å². The summed E-state index contributed by atoms with van der Waals surface area (Å²) in [4.78, 5) is 3.69. The van der Waals surface area contributed by atoms with Crippen LogP contribution in [0.2, 0.25) is 5.02 Å². The van der Waals surface area contributed by atoms with Crippen LogP contribution in [0.4, 0.5) is 26.1 Å². The highest BCUT2D eigenvalue weighted by molar-refractivity contribution is 6.33. The van der Waals surface area contributed by atoms with Crippen LogP contribution in [0, 0.1) is 11.6 Å². The maximum absolute atomic E-state index is 13.7. The Bertz CT molecular complexity index is 639. The lowest BCUT2D eigenvalue weighted by Gasteiger charge is -2.11. The van der Waals surface area contributed by atoms with Gasteiger partial charge in [0.2, 0.25) is 0 Å². The smallest absolute Gasteiger partial charge is 0.178 e. The number of rotatable bonds is 4. The van der Waals surface area contributed by atoms with Crippen LogP contribution < -0.4 is 21.3 Å². The molecule has 0 aliphatic rings. The van der Waals surface area contributed by atoms with Gasteiger partial charge in [-0.05, 0) is 12.1 Å². The first kappa shape index (κ1) is 14.3. The zero-order chi connectivity index (χ0) is 14.7. The monoisotopic (exact) mass is 300 g/mol. The minimum absolute atomic E-state index is 0.213. The van der Waals surface area contributed by atoms with Crippen LogP contribution in [0.1, 0.15) is 0 Å². The van der Waals surface area contributed by atoms with E-state index in [1.807, 2.05) is 5.43 Å². The Morgan fingerprint density at radius 3 is 2.55 bits per heavy atom. The van der Waals surface area contributed by atoms with Crippen molar-refractivity contribution in [2.24, 2.45) is 5.84 Å². The van der Waals surface area contributed by atoms with Crippen LogP contribution in [-0.2, 0) is 0 Å². The number of benzene rings is 1. The average Bonchev–Trinajstić information content (AvgIpc) is 2.44. The predicted octanol–water partition coefficient (Wildman–Crippen LogP) is 3.05. The number of halogens is 3. The molecule has 0 unspecified atom stereocenters. The molecule has 2 rings (SSSR count). The highest BCUT2D eigenvalue weighted by Gasteiger charge is 2.13. The Labute approximate surface area is 118 Å². The lowest BCUT2D eigenvalue weighted by Crippen LogP contribution is -2.12. The van der Waals surface area contributed by atoms with Crippen LogP contribution in [0.25, 0.3) is 0 Å². The number of nitrogen functional groups attached to an aromatic ring is 1. The Morgan fingerprint density at radius 1 is 1.20 bits per heavy atom. The molecule has 0 bridgehead atoms. The van der Waals surface area contributed by atoms with Gasteiger partial charge in [-0.2, -0.15) is 0 Å². The van der Waals surface area contributed by atoms with E-state index in [4.69, 9.17) is 22.2 Å². The zero-order valence-electron chi connectivity index (χ0n) is 10.4. The summed E-state index contributed by atoms with van der Waals surface area (Å²) < 4.78 is 31.9. The number of anilines is 3. The van der Waals surface area contributed by atoms with Gasteiger partial charge in [-0.3, -0.25) is 0 Å². The molecular formula is C12H11ClF2N4O. The summed E-state index contributed by atoms with van der Waals surface area (Å²) in [5.74, 6) is 3.35. The second kappa shape index (κ2) is 5.89. The molecule has 1 heterocycles. The number of aromatic nitrogens is 1. The number of pyridine rings is 1. The summed E-state index contributed by atoms with van der Waals surface area (Å²) in [7, 11) is 1.49. The number of ether oxygens (including phenoxy) is 1. The molecule has 0 fully saturated rings. The Morgan fingerprint density at radius 2 is 1.90 bits per heavy atom. The van der Waals surface area contributed by atoms with Gasteiger partial charge in [0.05, 0.1) is 17.8 Å². The standard InChI is InChI=1S/C12H11ClF2N4O/c1-20-6-2-3-7(13)10(4-6)17-11-8(14)5-9(15)12(18-11)19-16/h2-5H,16H2,1H3,(H2,17,18,19). The number of hydrogen-bond donors (Lipinski definition) is 3. The van der Waals surface area contributed by atoms with Gasteiger partial charge in [-0.15, -0.1) is 0 Å². The van der Waals surface area contributed by atoms with Gasteiger partial charge in [0.25, 0.3) is 0 Å².